The molecule has 0 saturated carbocycles. The molecular weight excluding hydrogens is 220 g/mol. The quantitative estimate of drug-likeness (QED) is 0.714. The van der Waals surface area contributed by atoms with E-state index in [1.165, 1.54) is 0 Å². The summed E-state index contributed by atoms with van der Waals surface area (Å²) in [4.78, 5) is 24.2. The summed E-state index contributed by atoms with van der Waals surface area (Å²) >= 11 is 0. The Balaban J connectivity index is 2.17. The van der Waals surface area contributed by atoms with Gasteiger partial charge in [0, 0.05) is 13.1 Å². The van der Waals surface area contributed by atoms with Crippen molar-refractivity contribution in [3.8, 4) is 0 Å². The molecule has 0 aromatic rings. The van der Waals surface area contributed by atoms with E-state index >= 15 is 0 Å². The molecule has 1 aliphatic heterocycles. The molecule has 1 fully saturated rings. The zero-order valence-electron chi connectivity index (χ0n) is 10.6. The standard InChI is InChI=1S/C12H22N2O3/c1-9(2)3-5-13-11(15)8-14-6-4-10(7-14)12(16)17/h9-10H,3-8H2,1-2H3,(H,13,15)(H,16,17)/t10-/m1/s1. The van der Waals surface area contributed by atoms with Gasteiger partial charge in [-0.15, -0.1) is 0 Å². The summed E-state index contributed by atoms with van der Waals surface area (Å²) in [5, 5.41) is 11.7. The number of hydrogen-bond acceptors (Lipinski definition) is 3. The van der Waals surface area contributed by atoms with Gasteiger partial charge in [-0.2, -0.15) is 0 Å². The first-order chi connectivity index (χ1) is 7.99. The molecular formula is C12H22N2O3. The van der Waals surface area contributed by atoms with Gasteiger partial charge >= 0.3 is 5.97 Å². The van der Waals surface area contributed by atoms with Gasteiger partial charge < -0.3 is 10.4 Å². The van der Waals surface area contributed by atoms with Crippen molar-refractivity contribution >= 4 is 11.9 Å². The number of nitrogens with one attached hydrogen (secondary N) is 1. The minimum Gasteiger partial charge on any atom is -0.481 e. The van der Waals surface area contributed by atoms with Crippen LogP contribution in [0.25, 0.3) is 0 Å². The zero-order valence-corrected chi connectivity index (χ0v) is 10.6. The van der Waals surface area contributed by atoms with Crippen LogP contribution in [0.5, 0.6) is 0 Å². The third-order valence-corrected chi connectivity index (χ3v) is 3.03. The Morgan fingerprint density at radius 3 is 2.71 bits per heavy atom. The number of likely N-dealkylation sites (tertiary alicyclic amines) is 1. The summed E-state index contributed by atoms with van der Waals surface area (Å²) in [5.74, 6) is -0.485. The van der Waals surface area contributed by atoms with Crippen LogP contribution in [-0.2, 0) is 9.59 Å². The van der Waals surface area contributed by atoms with Crippen molar-refractivity contribution < 1.29 is 14.7 Å². The molecule has 0 aromatic heterocycles. The van der Waals surface area contributed by atoms with Gasteiger partial charge in [-0.25, -0.2) is 0 Å². The molecule has 1 atom stereocenters. The predicted octanol–water partition coefficient (Wildman–Crippen LogP) is 0.555. The Morgan fingerprint density at radius 2 is 2.18 bits per heavy atom. The molecule has 1 saturated heterocycles. The van der Waals surface area contributed by atoms with Crippen LogP contribution in [0.1, 0.15) is 26.7 Å². The molecule has 1 heterocycles. The molecule has 0 unspecified atom stereocenters. The number of rotatable bonds is 6. The lowest BCUT2D eigenvalue weighted by molar-refractivity contribution is -0.141. The lowest BCUT2D eigenvalue weighted by Gasteiger charge is -2.15. The minimum absolute atomic E-state index is 0.00307. The average molecular weight is 242 g/mol. The van der Waals surface area contributed by atoms with Crippen LogP contribution in [-0.4, -0.2) is 48.1 Å². The van der Waals surface area contributed by atoms with Gasteiger partial charge in [-0.3, -0.25) is 14.5 Å². The molecule has 98 valence electrons. The van der Waals surface area contributed by atoms with Crippen molar-refractivity contribution in [2.45, 2.75) is 26.7 Å². The predicted molar refractivity (Wildman–Crippen MR) is 64.6 cm³/mol. The summed E-state index contributed by atoms with van der Waals surface area (Å²) < 4.78 is 0. The highest BCUT2D eigenvalue weighted by Crippen LogP contribution is 2.15. The maximum atomic E-state index is 11.6. The number of hydrogen-bond donors (Lipinski definition) is 2. The third kappa shape index (κ3) is 5.17. The van der Waals surface area contributed by atoms with Crippen LogP contribution in [0.4, 0.5) is 0 Å². The molecule has 2 N–H and O–H groups in total. The molecule has 17 heavy (non-hydrogen) atoms. The van der Waals surface area contributed by atoms with E-state index < -0.39 is 5.97 Å². The number of carbonyl (C=O) groups is 2. The van der Waals surface area contributed by atoms with Gasteiger partial charge in [-0.1, -0.05) is 13.8 Å². The zero-order chi connectivity index (χ0) is 12.8. The first-order valence-electron chi connectivity index (χ1n) is 6.21. The average Bonchev–Trinajstić information content (AvgIpc) is 2.65. The van der Waals surface area contributed by atoms with Gasteiger partial charge in [0.15, 0.2) is 0 Å². The highest BCUT2D eigenvalue weighted by atomic mass is 16.4. The number of carboxylic acid groups (broad SMARTS) is 1. The fourth-order valence-electron chi connectivity index (χ4n) is 1.94. The SMILES string of the molecule is CC(C)CCNC(=O)CN1CC[C@@H](C(=O)O)C1. The molecule has 5 heteroatoms. The second kappa shape index (κ2) is 6.59. The summed E-state index contributed by atoms with van der Waals surface area (Å²) in [6.45, 7) is 6.45. The van der Waals surface area contributed by atoms with Crippen LogP contribution in [0.2, 0.25) is 0 Å². The normalized spacial score (nSPS) is 20.8. The molecule has 0 radical (unpaired) electrons. The number of carboxylic acids is 1. The topological polar surface area (TPSA) is 69.6 Å². The van der Waals surface area contributed by atoms with Gasteiger partial charge in [0.05, 0.1) is 12.5 Å². The van der Waals surface area contributed by atoms with E-state index in [4.69, 9.17) is 5.11 Å². The van der Waals surface area contributed by atoms with Crippen molar-refractivity contribution in [3.05, 3.63) is 0 Å². The highest BCUT2D eigenvalue weighted by Gasteiger charge is 2.28. The smallest absolute Gasteiger partial charge is 0.307 e. The summed E-state index contributed by atoms with van der Waals surface area (Å²) in [7, 11) is 0. The van der Waals surface area contributed by atoms with Gasteiger partial charge in [0.1, 0.15) is 0 Å². The van der Waals surface area contributed by atoms with E-state index in [0.29, 0.717) is 38.5 Å². The molecule has 0 bridgehead atoms. The molecule has 5 nitrogen and oxygen atoms in total. The van der Waals surface area contributed by atoms with Crippen molar-refractivity contribution in [2.75, 3.05) is 26.2 Å². The van der Waals surface area contributed by atoms with Crippen molar-refractivity contribution in [3.63, 3.8) is 0 Å². The number of amides is 1. The maximum Gasteiger partial charge on any atom is 0.307 e. The Labute approximate surface area is 102 Å². The molecule has 0 aliphatic carbocycles. The highest BCUT2D eigenvalue weighted by molar-refractivity contribution is 5.78. The van der Waals surface area contributed by atoms with Crippen LogP contribution in [0.15, 0.2) is 0 Å². The van der Waals surface area contributed by atoms with E-state index in [2.05, 4.69) is 19.2 Å². The minimum atomic E-state index is -0.757. The van der Waals surface area contributed by atoms with Crippen molar-refractivity contribution in [2.24, 2.45) is 11.8 Å². The number of aliphatic carboxylic acids is 1. The first-order valence-corrected chi connectivity index (χ1v) is 6.21. The Kier molecular flexibility index (Phi) is 5.41. The number of carbonyl (C=O) groups excluding carboxylic acids is 1. The fraction of sp³-hybridized carbons (Fsp3) is 0.833. The molecule has 1 amide bonds. The number of nitrogens with zero attached hydrogens (tertiary/aromatic N) is 1. The third-order valence-electron chi connectivity index (χ3n) is 3.03. The van der Waals surface area contributed by atoms with Crippen LogP contribution in [0, 0.1) is 11.8 Å². The molecule has 1 aliphatic rings. The van der Waals surface area contributed by atoms with Gasteiger partial charge in [0.25, 0.3) is 0 Å². The fourth-order valence-corrected chi connectivity index (χ4v) is 1.94. The first kappa shape index (κ1) is 14.0. The molecule has 1 rings (SSSR count). The van der Waals surface area contributed by atoms with Crippen LogP contribution < -0.4 is 5.32 Å². The van der Waals surface area contributed by atoms with E-state index in [9.17, 15) is 9.59 Å². The van der Waals surface area contributed by atoms with Crippen molar-refractivity contribution in [1.82, 2.24) is 10.2 Å². The van der Waals surface area contributed by atoms with Crippen molar-refractivity contribution in [1.29, 1.82) is 0 Å². The van der Waals surface area contributed by atoms with E-state index in [1.807, 2.05) is 4.90 Å². The molecule has 0 aromatic carbocycles. The lowest BCUT2D eigenvalue weighted by Crippen LogP contribution is -2.37. The van der Waals surface area contributed by atoms with Gasteiger partial charge in [0.2, 0.25) is 5.91 Å². The summed E-state index contributed by atoms with van der Waals surface area (Å²) in [6, 6.07) is 0. The largest absolute Gasteiger partial charge is 0.481 e. The van der Waals surface area contributed by atoms with Gasteiger partial charge in [-0.05, 0) is 25.3 Å². The summed E-state index contributed by atoms with van der Waals surface area (Å²) in [6.07, 6.45) is 1.62. The maximum absolute atomic E-state index is 11.6. The Morgan fingerprint density at radius 1 is 1.47 bits per heavy atom. The summed E-state index contributed by atoms with van der Waals surface area (Å²) in [5.41, 5.74) is 0. The second-order valence-corrected chi connectivity index (χ2v) is 5.09. The monoisotopic (exact) mass is 242 g/mol. The van der Waals surface area contributed by atoms with Crippen LogP contribution in [0.3, 0.4) is 0 Å². The van der Waals surface area contributed by atoms with E-state index in [0.717, 1.165) is 6.42 Å². The second-order valence-electron chi connectivity index (χ2n) is 5.09. The lowest BCUT2D eigenvalue weighted by atomic mass is 10.1. The Bertz CT molecular complexity index is 279. The van der Waals surface area contributed by atoms with Crippen LogP contribution >= 0.6 is 0 Å². The van der Waals surface area contributed by atoms with E-state index in [-0.39, 0.29) is 11.8 Å². The van der Waals surface area contributed by atoms with E-state index in [1.54, 1.807) is 0 Å². The molecule has 0 spiro atoms. The Hall–Kier alpha value is -1.10.